The van der Waals surface area contributed by atoms with Gasteiger partial charge in [0, 0.05) is 23.9 Å². The fourth-order valence-corrected chi connectivity index (χ4v) is 2.47. The summed E-state index contributed by atoms with van der Waals surface area (Å²) in [5.41, 5.74) is 2.18. The molecule has 7 nitrogen and oxygen atoms in total. The average molecular weight is 359 g/mol. The number of nitrogens with zero attached hydrogens (tertiary/aromatic N) is 3. The van der Waals surface area contributed by atoms with Gasteiger partial charge in [0.05, 0.1) is 18.7 Å². The molecule has 0 saturated heterocycles. The Balaban J connectivity index is 1.69. The number of benzene rings is 2. The number of nitriles is 1. The van der Waals surface area contributed by atoms with Gasteiger partial charge in [0.25, 0.3) is 5.91 Å². The van der Waals surface area contributed by atoms with Crippen LogP contribution in [-0.4, -0.2) is 23.0 Å². The van der Waals surface area contributed by atoms with Crippen molar-refractivity contribution in [3.63, 3.8) is 0 Å². The molecule has 1 amide bonds. The Labute approximate surface area is 156 Å². The van der Waals surface area contributed by atoms with Crippen LogP contribution in [0.4, 0.5) is 11.5 Å². The van der Waals surface area contributed by atoms with Gasteiger partial charge in [-0.1, -0.05) is 24.3 Å². The summed E-state index contributed by atoms with van der Waals surface area (Å²) in [7, 11) is 1.62. The second-order valence-corrected chi connectivity index (χ2v) is 5.60. The summed E-state index contributed by atoms with van der Waals surface area (Å²) in [6.07, 6.45) is 1.32. The number of carbonyl (C=O) groups excluding carboxylic acids is 1. The van der Waals surface area contributed by atoms with E-state index < -0.39 is 0 Å². The second-order valence-electron chi connectivity index (χ2n) is 5.60. The number of ether oxygens (including phenoxy) is 1. The largest absolute Gasteiger partial charge is 0.496 e. The standard InChI is InChI=1S/C20H17N5O2/c1-27-18-8-3-2-6-15(18)12-22-19-10-17(23-13-24-19)20(26)25-16-7-4-5-14(9-16)11-21/h2-10,13H,12H2,1H3,(H,25,26)(H,22,23,24). The molecule has 2 N–H and O–H groups in total. The number of nitrogens with one attached hydrogen (secondary N) is 2. The lowest BCUT2D eigenvalue weighted by molar-refractivity contribution is 0.102. The molecule has 1 aromatic heterocycles. The maximum absolute atomic E-state index is 12.4. The molecule has 0 saturated carbocycles. The molecule has 0 spiro atoms. The van der Waals surface area contributed by atoms with E-state index in [-0.39, 0.29) is 11.6 Å². The van der Waals surface area contributed by atoms with Gasteiger partial charge in [-0.05, 0) is 24.3 Å². The molecule has 0 atom stereocenters. The highest BCUT2D eigenvalue weighted by molar-refractivity contribution is 6.03. The Morgan fingerprint density at radius 2 is 2.00 bits per heavy atom. The third-order valence-corrected chi connectivity index (χ3v) is 3.80. The number of amides is 1. The highest BCUT2D eigenvalue weighted by Crippen LogP contribution is 2.18. The van der Waals surface area contributed by atoms with E-state index in [1.54, 1.807) is 37.4 Å². The summed E-state index contributed by atoms with van der Waals surface area (Å²) >= 11 is 0. The Bertz CT molecular complexity index is 997. The number of aromatic nitrogens is 2. The minimum Gasteiger partial charge on any atom is -0.496 e. The van der Waals surface area contributed by atoms with Crippen molar-refractivity contribution >= 4 is 17.4 Å². The number of methoxy groups -OCH3 is 1. The predicted molar refractivity (Wildman–Crippen MR) is 101 cm³/mol. The molecule has 3 rings (SSSR count). The molecule has 0 aliphatic heterocycles. The number of rotatable bonds is 6. The topological polar surface area (TPSA) is 99.9 Å². The van der Waals surface area contributed by atoms with Crippen LogP contribution in [0.25, 0.3) is 0 Å². The minimum atomic E-state index is -0.382. The monoisotopic (exact) mass is 359 g/mol. The van der Waals surface area contributed by atoms with Crippen LogP contribution in [-0.2, 0) is 6.54 Å². The first-order chi connectivity index (χ1) is 13.2. The molecule has 0 fully saturated rings. The first kappa shape index (κ1) is 17.9. The highest BCUT2D eigenvalue weighted by atomic mass is 16.5. The van der Waals surface area contributed by atoms with Gasteiger partial charge in [-0.25, -0.2) is 9.97 Å². The molecular formula is C20H17N5O2. The lowest BCUT2D eigenvalue weighted by Gasteiger charge is -2.10. The molecule has 0 bridgehead atoms. The van der Waals surface area contributed by atoms with Crippen molar-refractivity contribution in [2.45, 2.75) is 6.54 Å². The molecule has 0 aliphatic carbocycles. The molecule has 1 heterocycles. The van der Waals surface area contributed by atoms with Crippen LogP contribution < -0.4 is 15.4 Å². The van der Waals surface area contributed by atoms with E-state index in [1.807, 2.05) is 30.3 Å². The van der Waals surface area contributed by atoms with Crippen molar-refractivity contribution in [1.29, 1.82) is 5.26 Å². The molecule has 27 heavy (non-hydrogen) atoms. The van der Waals surface area contributed by atoms with Crippen LogP contribution in [0.1, 0.15) is 21.6 Å². The molecule has 0 radical (unpaired) electrons. The summed E-state index contributed by atoms with van der Waals surface area (Å²) in [6, 6.07) is 17.9. The van der Waals surface area contributed by atoms with E-state index in [9.17, 15) is 4.79 Å². The minimum absolute atomic E-state index is 0.217. The van der Waals surface area contributed by atoms with Crippen LogP contribution in [0, 0.1) is 11.3 Å². The van der Waals surface area contributed by atoms with Crippen LogP contribution in [0.5, 0.6) is 5.75 Å². The molecule has 2 aromatic carbocycles. The van der Waals surface area contributed by atoms with Gasteiger partial charge in [0.15, 0.2) is 0 Å². The Hall–Kier alpha value is -3.92. The third-order valence-electron chi connectivity index (χ3n) is 3.80. The molecule has 7 heteroatoms. The smallest absolute Gasteiger partial charge is 0.274 e. The van der Waals surface area contributed by atoms with Crippen molar-refractivity contribution in [2.75, 3.05) is 17.7 Å². The van der Waals surface area contributed by atoms with Crippen molar-refractivity contribution in [3.05, 3.63) is 77.7 Å². The van der Waals surface area contributed by atoms with E-state index >= 15 is 0 Å². The predicted octanol–water partition coefficient (Wildman–Crippen LogP) is 3.22. The Kier molecular flexibility index (Phi) is 5.60. The van der Waals surface area contributed by atoms with Gasteiger partial charge in [0.1, 0.15) is 23.6 Å². The van der Waals surface area contributed by atoms with Gasteiger partial charge in [0.2, 0.25) is 0 Å². The average Bonchev–Trinajstić information content (AvgIpc) is 2.72. The summed E-state index contributed by atoms with van der Waals surface area (Å²) in [6.45, 7) is 0.492. The third kappa shape index (κ3) is 4.58. The van der Waals surface area contributed by atoms with E-state index in [1.165, 1.54) is 6.33 Å². The Morgan fingerprint density at radius 1 is 1.15 bits per heavy atom. The normalized spacial score (nSPS) is 9.93. The van der Waals surface area contributed by atoms with E-state index in [0.717, 1.165) is 11.3 Å². The zero-order valence-electron chi connectivity index (χ0n) is 14.6. The number of anilines is 2. The van der Waals surface area contributed by atoms with Crippen molar-refractivity contribution < 1.29 is 9.53 Å². The van der Waals surface area contributed by atoms with Gasteiger partial charge < -0.3 is 15.4 Å². The number of carbonyl (C=O) groups is 1. The molecule has 3 aromatic rings. The number of hydrogen-bond acceptors (Lipinski definition) is 6. The zero-order chi connectivity index (χ0) is 19.1. The van der Waals surface area contributed by atoms with Crippen molar-refractivity contribution in [3.8, 4) is 11.8 Å². The first-order valence-corrected chi connectivity index (χ1v) is 8.19. The fourth-order valence-electron chi connectivity index (χ4n) is 2.47. The number of para-hydroxylation sites is 1. The van der Waals surface area contributed by atoms with E-state index in [2.05, 4.69) is 20.6 Å². The number of hydrogen-bond donors (Lipinski definition) is 2. The van der Waals surface area contributed by atoms with Crippen molar-refractivity contribution in [2.24, 2.45) is 0 Å². The highest BCUT2D eigenvalue weighted by Gasteiger charge is 2.10. The summed E-state index contributed by atoms with van der Waals surface area (Å²) in [4.78, 5) is 20.6. The molecular weight excluding hydrogens is 342 g/mol. The van der Waals surface area contributed by atoms with Crippen LogP contribution in [0.2, 0.25) is 0 Å². The van der Waals surface area contributed by atoms with Gasteiger partial charge in [-0.3, -0.25) is 4.79 Å². The first-order valence-electron chi connectivity index (χ1n) is 8.19. The van der Waals surface area contributed by atoms with Gasteiger partial charge in [-0.2, -0.15) is 5.26 Å². The van der Waals surface area contributed by atoms with Crippen LogP contribution >= 0.6 is 0 Å². The van der Waals surface area contributed by atoms with E-state index in [0.29, 0.717) is 23.6 Å². The summed E-state index contributed by atoms with van der Waals surface area (Å²) in [5.74, 6) is 0.911. The quantitative estimate of drug-likeness (QED) is 0.701. The Morgan fingerprint density at radius 3 is 2.81 bits per heavy atom. The van der Waals surface area contributed by atoms with Crippen LogP contribution in [0.3, 0.4) is 0 Å². The van der Waals surface area contributed by atoms with Gasteiger partial charge in [-0.15, -0.1) is 0 Å². The zero-order valence-corrected chi connectivity index (χ0v) is 14.6. The summed E-state index contributed by atoms with van der Waals surface area (Å²) in [5, 5.41) is 14.8. The fraction of sp³-hybridized carbons (Fsp3) is 0.100. The molecule has 0 unspecified atom stereocenters. The van der Waals surface area contributed by atoms with E-state index in [4.69, 9.17) is 10.00 Å². The maximum atomic E-state index is 12.4. The van der Waals surface area contributed by atoms with Gasteiger partial charge >= 0.3 is 0 Å². The van der Waals surface area contributed by atoms with Crippen LogP contribution in [0.15, 0.2) is 60.9 Å². The lowest BCUT2D eigenvalue weighted by Crippen LogP contribution is -2.14. The molecule has 0 aliphatic rings. The maximum Gasteiger partial charge on any atom is 0.274 e. The SMILES string of the molecule is COc1ccccc1CNc1cc(C(=O)Nc2cccc(C#N)c2)ncn1. The van der Waals surface area contributed by atoms with Crippen molar-refractivity contribution in [1.82, 2.24) is 9.97 Å². The summed E-state index contributed by atoms with van der Waals surface area (Å²) < 4.78 is 5.32. The molecule has 134 valence electrons. The second kappa shape index (κ2) is 8.45. The lowest BCUT2D eigenvalue weighted by atomic mass is 10.2.